The molecule has 3 atom stereocenters. The quantitative estimate of drug-likeness (QED) is 0.690. The van der Waals surface area contributed by atoms with Gasteiger partial charge in [0, 0.05) is 6.04 Å². The maximum atomic E-state index is 11.1. The van der Waals surface area contributed by atoms with E-state index in [1.54, 1.807) is 0 Å². The van der Waals surface area contributed by atoms with Crippen LogP contribution in [0.2, 0.25) is 0 Å². The highest BCUT2D eigenvalue weighted by molar-refractivity contribution is 5.58. The third-order valence-electron chi connectivity index (χ3n) is 4.29. The van der Waals surface area contributed by atoms with Gasteiger partial charge >= 0.3 is 0 Å². The smallest absolute Gasteiger partial charge is 0.137 e. The summed E-state index contributed by atoms with van der Waals surface area (Å²) in [6.45, 7) is 8.68. The molecule has 1 N–H and O–H groups in total. The highest BCUT2D eigenvalue weighted by Gasteiger charge is 2.22. The summed E-state index contributed by atoms with van der Waals surface area (Å²) < 4.78 is 0. The van der Waals surface area contributed by atoms with Crippen molar-refractivity contribution in [1.29, 1.82) is 0 Å². The third-order valence-corrected chi connectivity index (χ3v) is 4.29. The van der Waals surface area contributed by atoms with Gasteiger partial charge in [-0.3, -0.25) is 0 Å². The zero-order valence-electron chi connectivity index (χ0n) is 11.8. The largest absolute Gasteiger partial charge is 0.307 e. The first-order valence-corrected chi connectivity index (χ1v) is 6.95. The molecule has 1 saturated heterocycles. The molecule has 3 unspecified atom stereocenters. The molecule has 0 aromatic rings. The molecule has 0 aliphatic carbocycles. The van der Waals surface area contributed by atoms with Crippen LogP contribution in [-0.4, -0.2) is 43.4 Å². The minimum atomic E-state index is 0.0155. The Labute approximate surface area is 106 Å². The zero-order chi connectivity index (χ0) is 12.8. The third kappa shape index (κ3) is 4.40. The lowest BCUT2D eigenvalue weighted by Gasteiger charge is -2.25. The molecule has 0 amide bonds. The fourth-order valence-electron chi connectivity index (χ4n) is 2.53. The molecule has 0 radical (unpaired) electrons. The first kappa shape index (κ1) is 14.7. The predicted molar refractivity (Wildman–Crippen MR) is 72.1 cm³/mol. The highest BCUT2D eigenvalue weighted by atomic mass is 16.1. The van der Waals surface area contributed by atoms with E-state index >= 15 is 0 Å². The summed E-state index contributed by atoms with van der Waals surface area (Å²) in [7, 11) is 2.20. The van der Waals surface area contributed by atoms with Crippen LogP contribution in [0.15, 0.2) is 0 Å². The Morgan fingerprint density at radius 1 is 1.41 bits per heavy atom. The number of aldehydes is 1. The number of likely N-dealkylation sites (tertiary alicyclic amines) is 1. The topological polar surface area (TPSA) is 32.3 Å². The van der Waals surface area contributed by atoms with Crippen LogP contribution in [0.25, 0.3) is 0 Å². The lowest BCUT2D eigenvalue weighted by Crippen LogP contribution is -2.40. The maximum Gasteiger partial charge on any atom is 0.137 e. The van der Waals surface area contributed by atoms with Gasteiger partial charge in [0.1, 0.15) is 6.29 Å². The van der Waals surface area contributed by atoms with E-state index in [0.717, 1.165) is 19.3 Å². The molecule has 3 heteroatoms. The molecular formula is C14H28N2O. The van der Waals surface area contributed by atoms with Gasteiger partial charge in [0.15, 0.2) is 0 Å². The minimum Gasteiger partial charge on any atom is -0.307 e. The van der Waals surface area contributed by atoms with Crippen LogP contribution in [-0.2, 0) is 4.79 Å². The van der Waals surface area contributed by atoms with Crippen LogP contribution >= 0.6 is 0 Å². The lowest BCUT2D eigenvalue weighted by molar-refractivity contribution is -0.110. The van der Waals surface area contributed by atoms with Gasteiger partial charge in [-0.2, -0.15) is 0 Å². The van der Waals surface area contributed by atoms with Crippen molar-refractivity contribution in [1.82, 2.24) is 10.2 Å². The van der Waals surface area contributed by atoms with E-state index in [1.165, 1.54) is 19.4 Å². The number of carbonyl (C=O) groups excluding carboxylic acids is 1. The van der Waals surface area contributed by atoms with Crippen molar-refractivity contribution in [3.8, 4) is 0 Å². The van der Waals surface area contributed by atoms with Gasteiger partial charge in [-0.1, -0.05) is 20.8 Å². The van der Waals surface area contributed by atoms with Gasteiger partial charge in [0.2, 0.25) is 0 Å². The summed E-state index contributed by atoms with van der Waals surface area (Å²) in [5.74, 6) is 0.959. The number of nitrogens with one attached hydrogen (secondary N) is 1. The summed E-state index contributed by atoms with van der Waals surface area (Å²) in [6, 6.07) is 0.728. The van der Waals surface area contributed by atoms with Crippen LogP contribution in [0, 0.1) is 11.8 Å². The second-order valence-electron chi connectivity index (χ2n) is 5.78. The molecule has 1 aliphatic heterocycles. The number of nitrogens with zero attached hydrogens (tertiary/aromatic N) is 1. The fraction of sp³-hybridized carbons (Fsp3) is 0.929. The first-order chi connectivity index (χ1) is 8.06. The Morgan fingerprint density at radius 3 is 2.59 bits per heavy atom. The van der Waals surface area contributed by atoms with Gasteiger partial charge in [0.05, 0.1) is 6.04 Å². The van der Waals surface area contributed by atoms with Crippen LogP contribution < -0.4 is 5.32 Å². The van der Waals surface area contributed by atoms with E-state index < -0.39 is 0 Å². The second-order valence-corrected chi connectivity index (χ2v) is 5.78. The van der Waals surface area contributed by atoms with E-state index in [2.05, 4.69) is 38.0 Å². The van der Waals surface area contributed by atoms with Crippen LogP contribution in [0.3, 0.4) is 0 Å². The fourth-order valence-corrected chi connectivity index (χ4v) is 2.53. The molecule has 0 aromatic carbocycles. The van der Waals surface area contributed by atoms with Crippen molar-refractivity contribution in [2.45, 2.75) is 52.1 Å². The Hall–Kier alpha value is -0.410. The van der Waals surface area contributed by atoms with E-state index in [-0.39, 0.29) is 6.04 Å². The van der Waals surface area contributed by atoms with Crippen LogP contribution in [0.5, 0.6) is 0 Å². The van der Waals surface area contributed by atoms with Crippen molar-refractivity contribution < 1.29 is 4.79 Å². The van der Waals surface area contributed by atoms with Crippen molar-refractivity contribution >= 4 is 6.29 Å². The number of carbonyl (C=O) groups is 1. The summed E-state index contributed by atoms with van der Waals surface area (Å²) >= 11 is 0. The standard InChI is InChI=1S/C14H28N2O/c1-11(2)12(3)14(10-17)15-8-7-13-6-5-9-16(13)4/h10-15H,5-9H2,1-4H3. The molecule has 0 saturated carbocycles. The van der Waals surface area contributed by atoms with Crippen molar-refractivity contribution in [3.63, 3.8) is 0 Å². The normalized spacial score (nSPS) is 25.1. The molecule has 100 valence electrons. The van der Waals surface area contributed by atoms with Gasteiger partial charge < -0.3 is 15.0 Å². The maximum absolute atomic E-state index is 11.1. The van der Waals surface area contributed by atoms with E-state index in [4.69, 9.17) is 0 Å². The molecule has 1 aliphatic rings. The molecule has 0 aromatic heterocycles. The Kier molecular flexibility index (Phi) is 6.14. The molecule has 0 spiro atoms. The average molecular weight is 240 g/mol. The minimum absolute atomic E-state index is 0.0155. The number of hydrogen-bond acceptors (Lipinski definition) is 3. The zero-order valence-corrected chi connectivity index (χ0v) is 11.8. The van der Waals surface area contributed by atoms with Gasteiger partial charge in [-0.25, -0.2) is 0 Å². The Morgan fingerprint density at radius 2 is 2.12 bits per heavy atom. The first-order valence-electron chi connectivity index (χ1n) is 6.95. The average Bonchev–Trinajstić information content (AvgIpc) is 2.69. The summed E-state index contributed by atoms with van der Waals surface area (Å²) in [4.78, 5) is 13.5. The monoisotopic (exact) mass is 240 g/mol. The molecule has 17 heavy (non-hydrogen) atoms. The summed E-state index contributed by atoms with van der Waals surface area (Å²) in [6.07, 6.45) is 4.86. The molecule has 3 nitrogen and oxygen atoms in total. The predicted octanol–water partition coefficient (Wildman–Crippen LogP) is 1.92. The molecular weight excluding hydrogens is 212 g/mol. The van der Waals surface area contributed by atoms with E-state index in [1.807, 2.05) is 0 Å². The second kappa shape index (κ2) is 7.12. The van der Waals surface area contributed by atoms with Gasteiger partial charge in [-0.05, 0) is 51.2 Å². The van der Waals surface area contributed by atoms with Gasteiger partial charge in [-0.15, -0.1) is 0 Å². The van der Waals surface area contributed by atoms with Gasteiger partial charge in [0.25, 0.3) is 0 Å². The number of hydrogen-bond donors (Lipinski definition) is 1. The molecule has 1 fully saturated rings. The van der Waals surface area contributed by atoms with Crippen molar-refractivity contribution in [2.24, 2.45) is 11.8 Å². The van der Waals surface area contributed by atoms with Crippen LogP contribution in [0.1, 0.15) is 40.0 Å². The molecule has 0 bridgehead atoms. The highest BCUT2D eigenvalue weighted by Crippen LogP contribution is 2.18. The van der Waals surface area contributed by atoms with Crippen LogP contribution in [0.4, 0.5) is 0 Å². The Balaban J connectivity index is 2.26. The summed E-state index contributed by atoms with van der Waals surface area (Å²) in [5, 5.41) is 3.40. The Bertz CT molecular complexity index is 230. The molecule has 1 heterocycles. The molecule has 1 rings (SSSR count). The lowest BCUT2D eigenvalue weighted by atomic mass is 9.91. The number of rotatable bonds is 7. The van der Waals surface area contributed by atoms with E-state index in [0.29, 0.717) is 17.9 Å². The summed E-state index contributed by atoms with van der Waals surface area (Å²) in [5.41, 5.74) is 0. The van der Waals surface area contributed by atoms with Crippen molar-refractivity contribution in [3.05, 3.63) is 0 Å². The van der Waals surface area contributed by atoms with E-state index in [9.17, 15) is 4.79 Å². The van der Waals surface area contributed by atoms with Crippen molar-refractivity contribution in [2.75, 3.05) is 20.1 Å². The SMILES string of the molecule is CC(C)C(C)C(C=O)NCCC1CCCN1C.